The van der Waals surface area contributed by atoms with E-state index in [0.717, 1.165) is 23.3 Å². The Balaban J connectivity index is 2.34. The molecule has 0 aliphatic carbocycles. The zero-order valence-corrected chi connectivity index (χ0v) is 13.9. The highest BCUT2D eigenvalue weighted by atomic mass is 19.4. The third-order valence-corrected chi connectivity index (χ3v) is 3.81. The molecule has 0 aliphatic rings. The molecule has 0 unspecified atom stereocenters. The molecule has 0 aliphatic heterocycles. The number of hydrogen-bond acceptors (Lipinski definition) is 3. The lowest BCUT2D eigenvalue weighted by Gasteiger charge is -2.15. The second-order valence-corrected chi connectivity index (χ2v) is 5.60. The third-order valence-electron chi connectivity index (χ3n) is 3.81. The molecule has 4 nitrogen and oxygen atoms in total. The van der Waals surface area contributed by atoms with Crippen molar-refractivity contribution < 1.29 is 27.8 Å². The fourth-order valence-electron chi connectivity index (χ4n) is 2.52. The van der Waals surface area contributed by atoms with Crippen LogP contribution in [0, 0.1) is 11.3 Å². The van der Waals surface area contributed by atoms with E-state index in [9.17, 15) is 18.0 Å². The lowest BCUT2D eigenvalue weighted by atomic mass is 10.0. The SMILES string of the molecule is CCc1cc(Oc2ccc(C#N)cc2C(F)(F)F)ccc1CCC(=O)O. The molecule has 26 heavy (non-hydrogen) atoms. The summed E-state index contributed by atoms with van der Waals surface area (Å²) in [4.78, 5) is 10.7. The number of carboxylic acids is 1. The van der Waals surface area contributed by atoms with Crippen molar-refractivity contribution >= 4 is 5.97 Å². The number of halogens is 3. The van der Waals surface area contributed by atoms with Gasteiger partial charge >= 0.3 is 12.1 Å². The van der Waals surface area contributed by atoms with Crippen molar-refractivity contribution in [3.8, 4) is 17.6 Å². The number of carboxylic acid groups (broad SMARTS) is 1. The number of benzene rings is 2. The van der Waals surface area contributed by atoms with E-state index in [-0.39, 0.29) is 17.7 Å². The Bertz CT molecular complexity index is 854. The van der Waals surface area contributed by atoms with Gasteiger partial charge in [-0.2, -0.15) is 18.4 Å². The van der Waals surface area contributed by atoms with Gasteiger partial charge in [0.15, 0.2) is 0 Å². The molecule has 0 saturated heterocycles. The fourth-order valence-corrected chi connectivity index (χ4v) is 2.52. The number of nitrogens with zero attached hydrogens (tertiary/aromatic N) is 1. The molecule has 0 atom stereocenters. The quantitative estimate of drug-likeness (QED) is 0.788. The van der Waals surface area contributed by atoms with Crippen LogP contribution in [0.5, 0.6) is 11.5 Å². The molecular formula is C19H16F3NO3. The molecule has 0 radical (unpaired) electrons. The van der Waals surface area contributed by atoms with E-state index in [1.165, 1.54) is 12.1 Å². The Morgan fingerprint density at radius 3 is 2.50 bits per heavy atom. The van der Waals surface area contributed by atoms with Gasteiger partial charge < -0.3 is 9.84 Å². The van der Waals surface area contributed by atoms with Crippen LogP contribution in [0.3, 0.4) is 0 Å². The first-order chi connectivity index (χ1) is 12.2. The molecule has 0 saturated carbocycles. The van der Waals surface area contributed by atoms with Crippen molar-refractivity contribution in [1.82, 2.24) is 0 Å². The molecule has 0 heterocycles. The molecule has 2 aromatic carbocycles. The number of carbonyl (C=O) groups is 1. The van der Waals surface area contributed by atoms with Gasteiger partial charge in [0, 0.05) is 6.42 Å². The summed E-state index contributed by atoms with van der Waals surface area (Å²) in [6, 6.07) is 9.57. The van der Waals surface area contributed by atoms with Crippen molar-refractivity contribution in [2.24, 2.45) is 0 Å². The highest BCUT2D eigenvalue weighted by molar-refractivity contribution is 5.67. The van der Waals surface area contributed by atoms with E-state index in [0.29, 0.717) is 12.8 Å². The van der Waals surface area contributed by atoms with Gasteiger partial charge in [-0.3, -0.25) is 4.79 Å². The van der Waals surface area contributed by atoms with Gasteiger partial charge in [-0.05, 0) is 54.3 Å². The highest BCUT2D eigenvalue weighted by Crippen LogP contribution is 2.39. The predicted octanol–water partition coefficient (Wildman–Crippen LogP) is 4.95. The van der Waals surface area contributed by atoms with Crippen LogP contribution in [0.1, 0.15) is 35.6 Å². The first-order valence-corrected chi connectivity index (χ1v) is 7.87. The normalized spacial score (nSPS) is 11.0. The van der Waals surface area contributed by atoms with Crippen LogP contribution < -0.4 is 4.74 Å². The second-order valence-electron chi connectivity index (χ2n) is 5.60. The molecule has 0 fully saturated rings. The van der Waals surface area contributed by atoms with Crippen molar-refractivity contribution in [3.63, 3.8) is 0 Å². The summed E-state index contributed by atoms with van der Waals surface area (Å²) in [5.74, 6) is -1.09. The Kier molecular flexibility index (Phi) is 5.88. The van der Waals surface area contributed by atoms with Crippen LogP contribution >= 0.6 is 0 Å². The van der Waals surface area contributed by atoms with Crippen molar-refractivity contribution in [2.45, 2.75) is 32.4 Å². The summed E-state index contributed by atoms with van der Waals surface area (Å²) in [7, 11) is 0. The fraction of sp³-hybridized carbons (Fsp3) is 0.263. The van der Waals surface area contributed by atoms with Crippen LogP contribution in [0.25, 0.3) is 0 Å². The maximum absolute atomic E-state index is 13.2. The Hall–Kier alpha value is -3.01. The van der Waals surface area contributed by atoms with E-state index in [1.54, 1.807) is 18.2 Å². The number of alkyl halides is 3. The molecule has 0 bridgehead atoms. The summed E-state index contributed by atoms with van der Waals surface area (Å²) in [6.45, 7) is 1.87. The van der Waals surface area contributed by atoms with Gasteiger partial charge in [0.25, 0.3) is 0 Å². The maximum atomic E-state index is 13.2. The first kappa shape index (κ1) is 19.3. The number of ether oxygens (including phenoxy) is 1. The van der Waals surface area contributed by atoms with Crippen molar-refractivity contribution in [1.29, 1.82) is 5.26 Å². The van der Waals surface area contributed by atoms with Gasteiger partial charge in [-0.25, -0.2) is 0 Å². The Labute approximate surface area is 148 Å². The summed E-state index contributed by atoms with van der Waals surface area (Å²) in [6.07, 6.45) is -3.76. The standard InChI is InChI=1S/C19H16F3NO3/c1-2-13-10-15(6-4-14(13)5-8-18(24)25)26-17-7-3-12(11-23)9-16(17)19(20,21)22/h3-4,6-7,9-10H,2,5,8H2,1H3,(H,24,25). The molecular weight excluding hydrogens is 347 g/mol. The number of aryl methyl sites for hydroxylation is 2. The van der Waals surface area contributed by atoms with Crippen molar-refractivity contribution in [3.05, 3.63) is 58.7 Å². The topological polar surface area (TPSA) is 70.3 Å². The van der Waals surface area contributed by atoms with E-state index in [2.05, 4.69) is 0 Å². The maximum Gasteiger partial charge on any atom is 0.420 e. The van der Waals surface area contributed by atoms with Gasteiger partial charge in [0.2, 0.25) is 0 Å². The molecule has 7 heteroatoms. The minimum atomic E-state index is -4.66. The van der Waals surface area contributed by atoms with E-state index in [4.69, 9.17) is 15.1 Å². The summed E-state index contributed by atoms with van der Waals surface area (Å²) in [5.41, 5.74) is 0.497. The Morgan fingerprint density at radius 2 is 1.92 bits per heavy atom. The minimum Gasteiger partial charge on any atom is -0.481 e. The summed E-state index contributed by atoms with van der Waals surface area (Å²) < 4.78 is 45.0. The van der Waals surface area contributed by atoms with Crippen LogP contribution in [0.2, 0.25) is 0 Å². The van der Waals surface area contributed by atoms with Gasteiger partial charge in [0.05, 0.1) is 17.2 Å². The van der Waals surface area contributed by atoms with Gasteiger partial charge in [-0.1, -0.05) is 13.0 Å². The van der Waals surface area contributed by atoms with E-state index < -0.39 is 23.5 Å². The van der Waals surface area contributed by atoms with Crippen molar-refractivity contribution in [2.75, 3.05) is 0 Å². The monoisotopic (exact) mass is 363 g/mol. The largest absolute Gasteiger partial charge is 0.481 e. The highest BCUT2D eigenvalue weighted by Gasteiger charge is 2.35. The number of aliphatic carboxylic acids is 1. The molecule has 0 aromatic heterocycles. The zero-order chi connectivity index (χ0) is 19.3. The lowest BCUT2D eigenvalue weighted by Crippen LogP contribution is -2.08. The summed E-state index contributed by atoms with van der Waals surface area (Å²) in [5, 5.41) is 17.6. The van der Waals surface area contributed by atoms with E-state index in [1.807, 2.05) is 6.92 Å². The number of nitriles is 1. The second kappa shape index (κ2) is 7.91. The average molecular weight is 363 g/mol. The molecule has 0 amide bonds. The average Bonchev–Trinajstić information content (AvgIpc) is 2.59. The minimum absolute atomic E-state index is 0.0267. The zero-order valence-electron chi connectivity index (χ0n) is 13.9. The predicted molar refractivity (Wildman–Crippen MR) is 88.0 cm³/mol. The van der Waals surface area contributed by atoms with Gasteiger partial charge in [0.1, 0.15) is 11.5 Å². The molecule has 2 rings (SSSR count). The van der Waals surface area contributed by atoms with E-state index >= 15 is 0 Å². The third kappa shape index (κ3) is 4.76. The Morgan fingerprint density at radius 1 is 1.19 bits per heavy atom. The molecule has 2 aromatic rings. The lowest BCUT2D eigenvalue weighted by molar-refractivity contribution is -0.139. The molecule has 1 N–H and O–H groups in total. The summed E-state index contributed by atoms with van der Waals surface area (Å²) >= 11 is 0. The van der Waals surface area contributed by atoms with Crippen LogP contribution in [0.4, 0.5) is 13.2 Å². The van der Waals surface area contributed by atoms with Crippen LogP contribution in [-0.4, -0.2) is 11.1 Å². The van der Waals surface area contributed by atoms with Crippen LogP contribution in [-0.2, 0) is 23.8 Å². The number of rotatable bonds is 6. The first-order valence-electron chi connectivity index (χ1n) is 7.87. The molecule has 136 valence electrons. The number of hydrogen-bond donors (Lipinski definition) is 1. The smallest absolute Gasteiger partial charge is 0.420 e. The molecule has 0 spiro atoms. The van der Waals surface area contributed by atoms with Gasteiger partial charge in [-0.15, -0.1) is 0 Å². The van der Waals surface area contributed by atoms with Crippen LogP contribution in [0.15, 0.2) is 36.4 Å².